The van der Waals surface area contributed by atoms with Crippen LogP contribution in [0.15, 0.2) is 71.9 Å². The highest BCUT2D eigenvalue weighted by Crippen LogP contribution is 2.25. The number of thioether (sulfide) groups is 1. The zero-order chi connectivity index (χ0) is 22.2. The molecule has 1 heterocycles. The van der Waals surface area contributed by atoms with Crippen molar-refractivity contribution < 1.29 is 9.59 Å². The van der Waals surface area contributed by atoms with Gasteiger partial charge >= 0.3 is 0 Å². The molecule has 0 bridgehead atoms. The lowest BCUT2D eigenvalue weighted by atomic mass is 9.89. The maximum absolute atomic E-state index is 12.9. The van der Waals surface area contributed by atoms with Gasteiger partial charge in [-0.3, -0.25) is 9.59 Å². The van der Waals surface area contributed by atoms with E-state index in [4.69, 9.17) is 0 Å². The molecular weight excluding hydrogens is 420 g/mol. The van der Waals surface area contributed by atoms with Crippen LogP contribution in [-0.4, -0.2) is 33.9 Å². The number of benzene rings is 2. The Labute approximate surface area is 192 Å². The van der Waals surface area contributed by atoms with Gasteiger partial charge in [0.1, 0.15) is 0 Å². The van der Waals surface area contributed by atoms with E-state index in [2.05, 4.69) is 15.7 Å². The Balaban J connectivity index is 1.32. The van der Waals surface area contributed by atoms with Gasteiger partial charge in [0.2, 0.25) is 5.91 Å². The molecule has 2 aromatic carbocycles. The van der Waals surface area contributed by atoms with Crippen LogP contribution in [0.25, 0.3) is 5.69 Å². The van der Waals surface area contributed by atoms with E-state index in [1.807, 2.05) is 54.7 Å². The Morgan fingerprint density at radius 3 is 2.53 bits per heavy atom. The zero-order valence-electron chi connectivity index (χ0n) is 18.0. The minimum Gasteiger partial charge on any atom is -0.355 e. The molecular formula is C25H28N4O2S. The Morgan fingerprint density at radius 2 is 1.78 bits per heavy atom. The highest BCUT2D eigenvalue weighted by Gasteiger charge is 2.16. The number of hydrogen-bond donors (Lipinski definition) is 2. The maximum Gasteiger partial charge on any atom is 0.256 e. The highest BCUT2D eigenvalue weighted by atomic mass is 32.2. The first-order chi connectivity index (χ1) is 15.7. The standard InChI is InChI=1S/C25H28N4O2S/c30-24(26-17-19-7-2-1-3-8-19)18-32-23-10-5-4-9-22(23)25(31)28-20-11-13-21(14-12-20)29-16-6-15-27-29/h4-6,9-16,19H,1-3,7-8,17-18H2,(H,26,30)(H,28,31). The number of rotatable bonds is 8. The largest absolute Gasteiger partial charge is 0.355 e. The monoisotopic (exact) mass is 448 g/mol. The molecule has 4 rings (SSSR count). The summed E-state index contributed by atoms with van der Waals surface area (Å²) in [5.41, 5.74) is 2.19. The fraction of sp³-hybridized carbons (Fsp3) is 0.320. The van der Waals surface area contributed by atoms with Crippen molar-refractivity contribution in [1.82, 2.24) is 15.1 Å². The summed E-state index contributed by atoms with van der Waals surface area (Å²) in [5.74, 6) is 0.734. The van der Waals surface area contributed by atoms with Crippen molar-refractivity contribution in [2.75, 3.05) is 17.6 Å². The van der Waals surface area contributed by atoms with Crippen molar-refractivity contribution >= 4 is 29.3 Å². The van der Waals surface area contributed by atoms with Gasteiger partial charge < -0.3 is 10.6 Å². The van der Waals surface area contributed by atoms with Crippen LogP contribution in [-0.2, 0) is 4.79 Å². The van der Waals surface area contributed by atoms with E-state index in [0.717, 1.165) is 17.1 Å². The summed E-state index contributed by atoms with van der Waals surface area (Å²) >= 11 is 1.40. The molecule has 166 valence electrons. The Morgan fingerprint density at radius 1 is 1.00 bits per heavy atom. The van der Waals surface area contributed by atoms with E-state index in [9.17, 15) is 9.59 Å². The Bertz CT molecular complexity index is 1030. The molecule has 3 aromatic rings. The van der Waals surface area contributed by atoms with Crippen LogP contribution in [0.5, 0.6) is 0 Å². The second kappa shape index (κ2) is 11.0. The first kappa shape index (κ1) is 22.1. The lowest BCUT2D eigenvalue weighted by Gasteiger charge is -2.21. The number of nitrogens with one attached hydrogen (secondary N) is 2. The minimum atomic E-state index is -0.192. The Hall–Kier alpha value is -3.06. The number of anilines is 1. The van der Waals surface area contributed by atoms with Crippen molar-refractivity contribution in [3.63, 3.8) is 0 Å². The van der Waals surface area contributed by atoms with Crippen molar-refractivity contribution in [2.45, 2.75) is 37.0 Å². The predicted octanol–water partition coefficient (Wildman–Crippen LogP) is 4.91. The van der Waals surface area contributed by atoms with E-state index in [-0.39, 0.29) is 11.8 Å². The molecule has 1 aliphatic carbocycles. The van der Waals surface area contributed by atoms with E-state index >= 15 is 0 Å². The third-order valence-electron chi connectivity index (χ3n) is 5.70. The lowest BCUT2D eigenvalue weighted by molar-refractivity contribution is -0.118. The van der Waals surface area contributed by atoms with Crippen LogP contribution in [0.3, 0.4) is 0 Å². The summed E-state index contributed by atoms with van der Waals surface area (Å²) < 4.78 is 1.76. The van der Waals surface area contributed by atoms with E-state index < -0.39 is 0 Å². The van der Waals surface area contributed by atoms with E-state index in [1.165, 1.54) is 43.9 Å². The van der Waals surface area contributed by atoms with Crippen LogP contribution in [0.2, 0.25) is 0 Å². The maximum atomic E-state index is 12.9. The molecule has 0 saturated heterocycles. The molecule has 0 radical (unpaired) electrons. The van der Waals surface area contributed by atoms with Gasteiger partial charge in [-0.15, -0.1) is 11.8 Å². The molecule has 2 amide bonds. The second-order valence-electron chi connectivity index (χ2n) is 8.04. The summed E-state index contributed by atoms with van der Waals surface area (Å²) in [6.07, 6.45) is 9.85. The molecule has 32 heavy (non-hydrogen) atoms. The van der Waals surface area contributed by atoms with Crippen molar-refractivity contribution in [2.24, 2.45) is 5.92 Å². The van der Waals surface area contributed by atoms with Gasteiger partial charge in [0, 0.05) is 29.5 Å². The fourth-order valence-electron chi connectivity index (χ4n) is 3.94. The molecule has 0 spiro atoms. The lowest BCUT2D eigenvalue weighted by Crippen LogP contribution is -2.31. The normalized spacial score (nSPS) is 14.1. The molecule has 1 aromatic heterocycles. The molecule has 1 fully saturated rings. The van der Waals surface area contributed by atoms with Crippen LogP contribution >= 0.6 is 11.8 Å². The topological polar surface area (TPSA) is 76.0 Å². The molecule has 0 unspecified atom stereocenters. The van der Waals surface area contributed by atoms with Crippen molar-refractivity contribution in [3.05, 3.63) is 72.6 Å². The molecule has 1 saturated carbocycles. The highest BCUT2D eigenvalue weighted by molar-refractivity contribution is 8.00. The number of nitrogens with zero attached hydrogens (tertiary/aromatic N) is 2. The third-order valence-corrected chi connectivity index (χ3v) is 6.77. The Kier molecular flexibility index (Phi) is 7.61. The van der Waals surface area contributed by atoms with Gasteiger partial charge in [0.25, 0.3) is 5.91 Å². The summed E-state index contributed by atoms with van der Waals surface area (Å²) in [6, 6.07) is 16.8. The van der Waals surface area contributed by atoms with Gasteiger partial charge in [-0.1, -0.05) is 31.4 Å². The van der Waals surface area contributed by atoms with Crippen molar-refractivity contribution in [1.29, 1.82) is 0 Å². The van der Waals surface area contributed by atoms with Crippen LogP contribution in [0, 0.1) is 5.92 Å². The van der Waals surface area contributed by atoms with E-state index in [1.54, 1.807) is 16.9 Å². The molecule has 2 N–H and O–H groups in total. The van der Waals surface area contributed by atoms with Gasteiger partial charge in [0.15, 0.2) is 0 Å². The first-order valence-electron chi connectivity index (χ1n) is 11.1. The predicted molar refractivity (Wildman–Crippen MR) is 128 cm³/mol. The number of aromatic nitrogens is 2. The molecule has 0 atom stereocenters. The van der Waals surface area contributed by atoms with E-state index in [0.29, 0.717) is 22.9 Å². The van der Waals surface area contributed by atoms with Gasteiger partial charge in [0.05, 0.1) is 17.0 Å². The fourth-order valence-corrected chi connectivity index (χ4v) is 4.82. The smallest absolute Gasteiger partial charge is 0.256 e. The van der Waals surface area contributed by atoms with Gasteiger partial charge in [-0.05, 0) is 61.2 Å². The molecule has 7 heteroatoms. The molecule has 1 aliphatic rings. The first-order valence-corrected chi connectivity index (χ1v) is 12.1. The number of amides is 2. The summed E-state index contributed by atoms with van der Waals surface area (Å²) in [7, 11) is 0. The third kappa shape index (κ3) is 6.01. The summed E-state index contributed by atoms with van der Waals surface area (Å²) in [6.45, 7) is 0.760. The second-order valence-corrected chi connectivity index (χ2v) is 9.06. The zero-order valence-corrected chi connectivity index (χ0v) is 18.8. The van der Waals surface area contributed by atoms with Crippen molar-refractivity contribution in [3.8, 4) is 5.69 Å². The SMILES string of the molecule is O=C(CSc1ccccc1C(=O)Nc1ccc(-n2cccn2)cc1)NCC1CCCCC1. The van der Waals surface area contributed by atoms with Crippen LogP contribution in [0.4, 0.5) is 5.69 Å². The number of carbonyl (C=O) groups excluding carboxylic acids is 2. The average Bonchev–Trinajstić information content (AvgIpc) is 3.38. The van der Waals surface area contributed by atoms with Crippen LogP contribution in [0.1, 0.15) is 42.5 Å². The quantitative estimate of drug-likeness (QED) is 0.480. The van der Waals surface area contributed by atoms with Gasteiger partial charge in [-0.25, -0.2) is 4.68 Å². The summed E-state index contributed by atoms with van der Waals surface area (Å²) in [4.78, 5) is 26.0. The molecule has 6 nitrogen and oxygen atoms in total. The minimum absolute atomic E-state index is 0.0185. The number of carbonyl (C=O) groups is 2. The van der Waals surface area contributed by atoms with Gasteiger partial charge in [-0.2, -0.15) is 5.10 Å². The number of hydrogen-bond acceptors (Lipinski definition) is 4. The average molecular weight is 449 g/mol. The summed E-state index contributed by atoms with van der Waals surface area (Å²) in [5, 5.41) is 10.2. The molecule has 0 aliphatic heterocycles. The van der Waals surface area contributed by atoms with Crippen LogP contribution < -0.4 is 10.6 Å².